The highest BCUT2D eigenvalue weighted by atomic mass is 32.2. The number of anilines is 1. The van der Waals surface area contributed by atoms with E-state index >= 15 is 0 Å². The monoisotopic (exact) mass is 385 g/mol. The summed E-state index contributed by atoms with van der Waals surface area (Å²) >= 11 is 2.42. The fourth-order valence-electron chi connectivity index (χ4n) is 1.91. The predicted octanol–water partition coefficient (Wildman–Crippen LogP) is 3.66. The summed E-state index contributed by atoms with van der Waals surface area (Å²) in [5.41, 5.74) is 0.646. The zero-order valence-electron chi connectivity index (χ0n) is 14.8. The minimum atomic E-state index is -0.575. The Kier molecular flexibility index (Phi) is 8.71. The number of carbonyl (C=O) groups is 3. The fraction of sp³-hybridized carbons (Fsp3) is 0.471. The lowest BCUT2D eigenvalue weighted by Crippen LogP contribution is -2.16. The number of amides is 1. The zero-order valence-corrected chi connectivity index (χ0v) is 16.5. The molecule has 0 saturated carbocycles. The lowest BCUT2D eigenvalue weighted by Gasteiger charge is -2.07. The molecule has 0 aliphatic rings. The maximum atomic E-state index is 12.2. The Bertz CT molecular complexity index is 652. The van der Waals surface area contributed by atoms with Gasteiger partial charge in [-0.3, -0.25) is 4.79 Å². The third-order valence-corrected chi connectivity index (χ3v) is 5.00. The minimum Gasteiger partial charge on any atom is -0.462 e. The first-order valence-electron chi connectivity index (χ1n) is 7.81. The number of hydrogen-bond acceptors (Lipinski definition) is 7. The van der Waals surface area contributed by atoms with E-state index in [0.29, 0.717) is 16.3 Å². The summed E-state index contributed by atoms with van der Waals surface area (Å²) < 4.78 is 10.3. The molecular formula is C17H23NO5S2. The first kappa shape index (κ1) is 21.2. The summed E-state index contributed by atoms with van der Waals surface area (Å²) in [6, 6.07) is 0. The van der Waals surface area contributed by atoms with Crippen molar-refractivity contribution in [3.63, 3.8) is 0 Å². The van der Waals surface area contributed by atoms with E-state index in [1.807, 2.05) is 0 Å². The van der Waals surface area contributed by atoms with Crippen LogP contribution in [0.25, 0.3) is 0 Å². The van der Waals surface area contributed by atoms with Gasteiger partial charge in [-0.05, 0) is 33.3 Å². The van der Waals surface area contributed by atoms with Crippen molar-refractivity contribution in [2.75, 3.05) is 23.4 Å². The molecule has 1 aromatic rings. The molecule has 0 spiro atoms. The lowest BCUT2D eigenvalue weighted by molar-refractivity contribution is -0.113. The Morgan fingerprint density at radius 1 is 1.32 bits per heavy atom. The molecular weight excluding hydrogens is 362 g/mol. The number of esters is 2. The van der Waals surface area contributed by atoms with Gasteiger partial charge >= 0.3 is 11.9 Å². The molecule has 0 fully saturated rings. The highest BCUT2D eigenvalue weighted by Crippen LogP contribution is 2.34. The van der Waals surface area contributed by atoms with Crippen molar-refractivity contribution >= 4 is 45.9 Å². The van der Waals surface area contributed by atoms with E-state index in [1.165, 1.54) is 11.8 Å². The molecule has 1 aromatic heterocycles. The third-order valence-electron chi connectivity index (χ3n) is 2.88. The number of rotatable bonds is 9. The second-order valence-electron chi connectivity index (χ2n) is 5.29. The molecule has 0 bridgehead atoms. The highest BCUT2D eigenvalue weighted by Gasteiger charge is 2.27. The molecule has 0 unspecified atom stereocenters. The van der Waals surface area contributed by atoms with Crippen molar-refractivity contribution in [1.82, 2.24) is 0 Å². The molecule has 0 atom stereocenters. The topological polar surface area (TPSA) is 81.7 Å². The van der Waals surface area contributed by atoms with Crippen molar-refractivity contribution < 1.29 is 23.9 Å². The summed E-state index contributed by atoms with van der Waals surface area (Å²) in [4.78, 5) is 36.8. The second-order valence-corrected chi connectivity index (χ2v) is 7.34. The molecule has 0 aliphatic carbocycles. The van der Waals surface area contributed by atoms with Gasteiger partial charge in [-0.1, -0.05) is 6.08 Å². The first-order valence-corrected chi connectivity index (χ1v) is 9.78. The summed E-state index contributed by atoms with van der Waals surface area (Å²) in [5.74, 6) is -0.495. The van der Waals surface area contributed by atoms with Crippen LogP contribution in [-0.4, -0.2) is 42.1 Å². The van der Waals surface area contributed by atoms with Gasteiger partial charge in [0.05, 0.1) is 24.0 Å². The average molecular weight is 386 g/mol. The van der Waals surface area contributed by atoms with Crippen molar-refractivity contribution in [3.05, 3.63) is 28.7 Å². The summed E-state index contributed by atoms with van der Waals surface area (Å²) in [6.45, 7) is 10.6. The molecule has 1 rings (SSSR count). The Morgan fingerprint density at radius 2 is 2.00 bits per heavy atom. The van der Waals surface area contributed by atoms with Gasteiger partial charge in [0.1, 0.15) is 9.88 Å². The maximum absolute atomic E-state index is 12.2. The standard InChI is InChI=1S/C17H23NO5S2/c1-6-8-24-9-12(19)18-15-13(16(20)22-7-2)11(5)14(25-15)17(21)23-10(3)4/h6,10H,1,7-9H2,2-5H3,(H,18,19). The smallest absolute Gasteiger partial charge is 0.348 e. The number of ether oxygens (including phenoxy) is 2. The molecule has 0 radical (unpaired) electrons. The molecule has 0 saturated heterocycles. The quantitative estimate of drug-likeness (QED) is 0.397. The molecule has 0 aliphatic heterocycles. The van der Waals surface area contributed by atoms with Gasteiger partial charge in [0.2, 0.25) is 5.91 Å². The van der Waals surface area contributed by atoms with Gasteiger partial charge in [-0.25, -0.2) is 9.59 Å². The Balaban J connectivity index is 3.11. The predicted molar refractivity (Wildman–Crippen MR) is 102 cm³/mol. The van der Waals surface area contributed by atoms with Gasteiger partial charge in [-0.2, -0.15) is 0 Å². The number of carbonyl (C=O) groups excluding carboxylic acids is 3. The van der Waals surface area contributed by atoms with E-state index < -0.39 is 11.9 Å². The summed E-state index contributed by atoms with van der Waals surface area (Å²) in [5, 5.41) is 3.00. The Morgan fingerprint density at radius 3 is 2.56 bits per heavy atom. The highest BCUT2D eigenvalue weighted by molar-refractivity contribution is 8.00. The maximum Gasteiger partial charge on any atom is 0.348 e. The van der Waals surface area contributed by atoms with Crippen LogP contribution < -0.4 is 5.32 Å². The molecule has 25 heavy (non-hydrogen) atoms. The van der Waals surface area contributed by atoms with Crippen molar-refractivity contribution in [1.29, 1.82) is 0 Å². The number of hydrogen-bond donors (Lipinski definition) is 1. The number of nitrogens with one attached hydrogen (secondary N) is 1. The van der Waals surface area contributed by atoms with Crippen LogP contribution in [0.5, 0.6) is 0 Å². The van der Waals surface area contributed by atoms with Gasteiger partial charge in [0.25, 0.3) is 0 Å². The van der Waals surface area contributed by atoms with E-state index in [9.17, 15) is 14.4 Å². The van der Waals surface area contributed by atoms with Crippen LogP contribution in [0.1, 0.15) is 46.4 Å². The van der Waals surface area contributed by atoms with Gasteiger partial charge < -0.3 is 14.8 Å². The van der Waals surface area contributed by atoms with Gasteiger partial charge in [-0.15, -0.1) is 29.7 Å². The molecule has 6 nitrogen and oxygen atoms in total. The van der Waals surface area contributed by atoms with E-state index in [4.69, 9.17) is 9.47 Å². The van der Waals surface area contributed by atoms with Crippen LogP contribution in [0.15, 0.2) is 12.7 Å². The summed E-state index contributed by atoms with van der Waals surface area (Å²) in [6.07, 6.45) is 1.42. The lowest BCUT2D eigenvalue weighted by atomic mass is 10.1. The molecule has 1 amide bonds. The van der Waals surface area contributed by atoms with E-state index in [1.54, 1.807) is 33.8 Å². The molecule has 0 aromatic carbocycles. The van der Waals surface area contributed by atoms with Crippen molar-refractivity contribution in [2.24, 2.45) is 0 Å². The minimum absolute atomic E-state index is 0.197. The van der Waals surface area contributed by atoms with Crippen LogP contribution >= 0.6 is 23.1 Å². The SMILES string of the molecule is C=CCSCC(=O)Nc1sc(C(=O)OC(C)C)c(C)c1C(=O)OCC. The summed E-state index contributed by atoms with van der Waals surface area (Å²) in [7, 11) is 0. The van der Waals surface area contributed by atoms with Crippen LogP contribution in [0, 0.1) is 6.92 Å². The zero-order chi connectivity index (χ0) is 19.0. The van der Waals surface area contributed by atoms with Crippen molar-refractivity contribution in [3.8, 4) is 0 Å². The van der Waals surface area contributed by atoms with Crippen molar-refractivity contribution in [2.45, 2.75) is 33.8 Å². The van der Waals surface area contributed by atoms with Crippen LogP contribution in [0.2, 0.25) is 0 Å². The van der Waals surface area contributed by atoms with Gasteiger partial charge in [0, 0.05) is 5.75 Å². The molecule has 138 valence electrons. The van der Waals surface area contributed by atoms with E-state index in [0.717, 1.165) is 11.3 Å². The molecule has 1 N–H and O–H groups in total. The molecule has 1 heterocycles. The average Bonchev–Trinajstić information content (AvgIpc) is 2.83. The second kappa shape index (κ2) is 10.2. The molecule has 8 heteroatoms. The number of thiophene rings is 1. The normalized spacial score (nSPS) is 10.4. The third kappa shape index (κ3) is 6.21. The van der Waals surface area contributed by atoms with Crippen LogP contribution in [-0.2, 0) is 14.3 Å². The largest absolute Gasteiger partial charge is 0.462 e. The van der Waals surface area contributed by atoms with Crippen LogP contribution in [0.4, 0.5) is 5.00 Å². The van der Waals surface area contributed by atoms with Gasteiger partial charge in [0.15, 0.2) is 0 Å². The number of thioether (sulfide) groups is 1. The van der Waals surface area contributed by atoms with E-state index in [-0.39, 0.29) is 34.8 Å². The van der Waals surface area contributed by atoms with Crippen LogP contribution in [0.3, 0.4) is 0 Å². The first-order chi connectivity index (χ1) is 11.8. The fourth-order valence-corrected chi connectivity index (χ4v) is 3.55. The van der Waals surface area contributed by atoms with E-state index in [2.05, 4.69) is 11.9 Å². The Hall–Kier alpha value is -1.80. The Labute approximate surface area is 156 Å².